The van der Waals surface area contributed by atoms with Gasteiger partial charge in [-0.15, -0.1) is 0 Å². The fraction of sp³-hybridized carbons (Fsp3) is 0.0909. The molecule has 31 heavy (non-hydrogen) atoms. The molecule has 0 spiro atoms. The van der Waals surface area contributed by atoms with Crippen LogP contribution in [0.15, 0.2) is 64.0 Å². The van der Waals surface area contributed by atoms with Gasteiger partial charge in [0.05, 0.1) is 38.8 Å². The number of carboxylic acid groups (broad SMARTS) is 1. The molecular formula is C22H17ClN4O4. The number of carbonyl (C=O) groups excluding carboxylic acids is 1. The van der Waals surface area contributed by atoms with Gasteiger partial charge in [-0.3, -0.25) is 14.7 Å². The van der Waals surface area contributed by atoms with Crippen molar-refractivity contribution >= 4 is 41.0 Å². The first-order valence-electron chi connectivity index (χ1n) is 9.29. The van der Waals surface area contributed by atoms with Crippen molar-refractivity contribution in [2.75, 3.05) is 5.01 Å². The highest BCUT2D eigenvalue weighted by Crippen LogP contribution is 2.28. The lowest BCUT2D eigenvalue weighted by Gasteiger charge is -2.13. The number of halogens is 1. The monoisotopic (exact) mass is 436 g/mol. The van der Waals surface area contributed by atoms with Crippen molar-refractivity contribution in [3.63, 3.8) is 0 Å². The van der Waals surface area contributed by atoms with Crippen LogP contribution in [-0.2, 0) is 4.79 Å². The molecule has 3 aromatic rings. The Hall–Kier alpha value is -3.91. The van der Waals surface area contributed by atoms with E-state index in [0.717, 1.165) is 5.01 Å². The van der Waals surface area contributed by atoms with Crippen molar-refractivity contribution in [3.05, 3.63) is 86.3 Å². The third-order valence-electron chi connectivity index (χ3n) is 4.91. The second kappa shape index (κ2) is 7.73. The standard InChI is InChI=1S/C22H17ClN4O4/c1-12-16(20(28)26(24-12)14-6-4-3-5-7-14)11-17-13(2)25-27(21(17)29)15-8-9-19(23)18(10-15)22(30)31/h3-11,24H,1-2H3,(H,30,31)/b17-11-. The average molecular weight is 437 g/mol. The molecule has 156 valence electrons. The van der Waals surface area contributed by atoms with Crippen LogP contribution >= 0.6 is 11.6 Å². The van der Waals surface area contributed by atoms with E-state index in [4.69, 9.17) is 11.6 Å². The van der Waals surface area contributed by atoms with E-state index in [1.54, 1.807) is 26.0 Å². The first-order chi connectivity index (χ1) is 14.8. The van der Waals surface area contributed by atoms with E-state index in [1.807, 2.05) is 18.2 Å². The molecule has 1 amide bonds. The van der Waals surface area contributed by atoms with E-state index in [2.05, 4.69) is 10.2 Å². The second-order valence-corrected chi connectivity index (χ2v) is 7.36. The van der Waals surface area contributed by atoms with Crippen molar-refractivity contribution in [3.8, 4) is 5.69 Å². The maximum absolute atomic E-state index is 13.0. The molecule has 2 aromatic carbocycles. The Balaban J connectivity index is 1.73. The maximum Gasteiger partial charge on any atom is 0.337 e. The number of carboxylic acids is 1. The van der Waals surface area contributed by atoms with Crippen LogP contribution in [0.4, 0.5) is 5.69 Å². The summed E-state index contributed by atoms with van der Waals surface area (Å²) < 4.78 is 1.41. The van der Waals surface area contributed by atoms with Gasteiger partial charge in [-0.25, -0.2) is 9.48 Å². The molecule has 1 aromatic heterocycles. The summed E-state index contributed by atoms with van der Waals surface area (Å²) >= 11 is 5.91. The van der Waals surface area contributed by atoms with E-state index in [1.165, 1.54) is 29.0 Å². The predicted molar refractivity (Wildman–Crippen MR) is 118 cm³/mol. The largest absolute Gasteiger partial charge is 0.478 e. The molecule has 0 fully saturated rings. The summed E-state index contributed by atoms with van der Waals surface area (Å²) in [6, 6.07) is 13.3. The normalized spacial score (nSPS) is 14.9. The maximum atomic E-state index is 13.0. The number of nitrogens with zero attached hydrogens (tertiary/aromatic N) is 3. The quantitative estimate of drug-likeness (QED) is 0.609. The minimum Gasteiger partial charge on any atom is -0.478 e. The Morgan fingerprint density at radius 3 is 2.48 bits per heavy atom. The number of aromatic carboxylic acids is 1. The number of aromatic amines is 1. The summed E-state index contributed by atoms with van der Waals surface area (Å²) in [5.41, 5.74) is 2.09. The van der Waals surface area contributed by atoms with Crippen molar-refractivity contribution in [1.29, 1.82) is 0 Å². The van der Waals surface area contributed by atoms with Crippen LogP contribution in [0.25, 0.3) is 11.8 Å². The van der Waals surface area contributed by atoms with E-state index in [9.17, 15) is 19.5 Å². The Labute approximate surface area is 181 Å². The number of hydrazone groups is 1. The fourth-order valence-electron chi connectivity index (χ4n) is 3.30. The summed E-state index contributed by atoms with van der Waals surface area (Å²) in [5.74, 6) is -1.68. The highest BCUT2D eigenvalue weighted by molar-refractivity contribution is 6.34. The Kier molecular flexibility index (Phi) is 5.08. The molecule has 1 aliphatic heterocycles. The summed E-state index contributed by atoms with van der Waals surface area (Å²) in [7, 11) is 0. The van der Waals surface area contributed by atoms with Crippen molar-refractivity contribution < 1.29 is 14.7 Å². The number of nitrogens with one attached hydrogen (secondary N) is 1. The zero-order chi connectivity index (χ0) is 22.3. The lowest BCUT2D eigenvalue weighted by molar-refractivity contribution is -0.114. The number of rotatable bonds is 4. The lowest BCUT2D eigenvalue weighted by Crippen LogP contribution is -2.22. The molecule has 0 atom stereocenters. The van der Waals surface area contributed by atoms with Crippen molar-refractivity contribution in [2.45, 2.75) is 13.8 Å². The zero-order valence-electron chi connectivity index (χ0n) is 16.6. The zero-order valence-corrected chi connectivity index (χ0v) is 17.3. The summed E-state index contributed by atoms with van der Waals surface area (Å²) in [6.07, 6.45) is 1.50. The van der Waals surface area contributed by atoms with E-state index in [-0.39, 0.29) is 27.4 Å². The number of anilines is 1. The van der Waals surface area contributed by atoms with Crippen LogP contribution in [0.5, 0.6) is 0 Å². The third-order valence-corrected chi connectivity index (χ3v) is 5.24. The van der Waals surface area contributed by atoms with Gasteiger partial charge in [0.15, 0.2) is 0 Å². The van der Waals surface area contributed by atoms with Crippen LogP contribution in [0, 0.1) is 6.92 Å². The number of hydrogen-bond donors (Lipinski definition) is 2. The predicted octanol–water partition coefficient (Wildman–Crippen LogP) is 3.63. The Bertz CT molecular complexity index is 1340. The molecular weight excluding hydrogens is 420 g/mol. The van der Waals surface area contributed by atoms with Gasteiger partial charge >= 0.3 is 5.97 Å². The number of para-hydroxylation sites is 1. The molecule has 0 saturated carbocycles. The van der Waals surface area contributed by atoms with E-state index >= 15 is 0 Å². The first kappa shape index (κ1) is 20.4. The smallest absolute Gasteiger partial charge is 0.337 e. The van der Waals surface area contributed by atoms with Gasteiger partial charge in [-0.1, -0.05) is 29.8 Å². The molecule has 0 bridgehead atoms. The summed E-state index contributed by atoms with van der Waals surface area (Å²) in [4.78, 5) is 37.3. The van der Waals surface area contributed by atoms with Gasteiger partial charge in [-0.05, 0) is 50.3 Å². The molecule has 9 heteroatoms. The molecule has 0 aliphatic carbocycles. The van der Waals surface area contributed by atoms with E-state index in [0.29, 0.717) is 22.7 Å². The van der Waals surface area contributed by atoms with Gasteiger partial charge in [0, 0.05) is 5.69 Å². The molecule has 2 N–H and O–H groups in total. The highest BCUT2D eigenvalue weighted by Gasteiger charge is 2.30. The minimum absolute atomic E-state index is 0.0590. The Morgan fingerprint density at radius 1 is 1.10 bits per heavy atom. The van der Waals surface area contributed by atoms with Crippen LogP contribution < -0.4 is 10.6 Å². The second-order valence-electron chi connectivity index (χ2n) is 6.96. The van der Waals surface area contributed by atoms with Crippen molar-refractivity contribution in [1.82, 2.24) is 9.78 Å². The third kappa shape index (κ3) is 3.57. The van der Waals surface area contributed by atoms with E-state index < -0.39 is 11.9 Å². The first-order valence-corrected chi connectivity index (χ1v) is 9.67. The SMILES string of the molecule is CC1=NN(c2ccc(Cl)c(C(=O)O)c2)C(=O)/C1=C\c1c(C)[nH]n(-c2ccccc2)c1=O. The van der Waals surface area contributed by atoms with Gasteiger partial charge in [-0.2, -0.15) is 10.1 Å². The molecule has 0 radical (unpaired) electrons. The lowest BCUT2D eigenvalue weighted by atomic mass is 10.1. The fourth-order valence-corrected chi connectivity index (χ4v) is 3.50. The number of hydrogen-bond acceptors (Lipinski definition) is 4. The topological polar surface area (TPSA) is 108 Å². The number of aryl methyl sites for hydroxylation is 1. The Morgan fingerprint density at radius 2 is 1.81 bits per heavy atom. The average Bonchev–Trinajstić information content (AvgIpc) is 3.19. The molecule has 1 aliphatic rings. The van der Waals surface area contributed by atoms with Crippen LogP contribution in [0.1, 0.15) is 28.5 Å². The summed E-state index contributed by atoms with van der Waals surface area (Å²) in [5, 5.41) is 17.7. The van der Waals surface area contributed by atoms with Gasteiger partial charge in [0.25, 0.3) is 11.5 Å². The summed E-state index contributed by atoms with van der Waals surface area (Å²) in [6.45, 7) is 3.39. The van der Waals surface area contributed by atoms with Crippen LogP contribution in [-0.4, -0.2) is 32.5 Å². The van der Waals surface area contributed by atoms with Gasteiger partial charge < -0.3 is 5.11 Å². The number of H-pyrrole nitrogens is 1. The molecule has 0 saturated heterocycles. The minimum atomic E-state index is -1.21. The number of amides is 1. The van der Waals surface area contributed by atoms with Gasteiger partial charge in [0.2, 0.25) is 0 Å². The van der Waals surface area contributed by atoms with Crippen molar-refractivity contribution in [2.24, 2.45) is 5.10 Å². The molecule has 4 rings (SSSR count). The number of carbonyl (C=O) groups is 2. The molecule has 8 nitrogen and oxygen atoms in total. The molecule has 0 unspecified atom stereocenters. The highest BCUT2D eigenvalue weighted by atomic mass is 35.5. The van der Waals surface area contributed by atoms with Gasteiger partial charge in [0.1, 0.15) is 0 Å². The van der Waals surface area contributed by atoms with Crippen LogP contribution in [0.2, 0.25) is 5.02 Å². The number of aromatic nitrogens is 2. The molecule has 2 heterocycles. The number of benzene rings is 2. The van der Waals surface area contributed by atoms with Crippen LogP contribution in [0.3, 0.4) is 0 Å².